The lowest BCUT2D eigenvalue weighted by atomic mass is 10.2. The maximum absolute atomic E-state index is 5.92. The Balaban J connectivity index is 1.38. The highest BCUT2D eigenvalue weighted by Gasteiger charge is 2.32. The van der Waals surface area contributed by atoms with Gasteiger partial charge in [0.15, 0.2) is 5.11 Å². The summed E-state index contributed by atoms with van der Waals surface area (Å²) >= 11 is 11.5. The van der Waals surface area contributed by atoms with E-state index < -0.39 is 0 Å². The number of aromatic nitrogens is 2. The number of hydrogen-bond donors (Lipinski definition) is 1. The van der Waals surface area contributed by atoms with Crippen molar-refractivity contribution in [2.24, 2.45) is 0 Å². The van der Waals surface area contributed by atoms with Crippen LogP contribution in [0, 0.1) is 0 Å². The Bertz CT molecular complexity index is 757. The molecule has 1 aliphatic carbocycles. The second-order valence-corrected chi connectivity index (χ2v) is 7.51. The molecule has 1 saturated heterocycles. The fourth-order valence-corrected chi connectivity index (χ4v) is 3.46. The summed E-state index contributed by atoms with van der Waals surface area (Å²) in [5, 5.41) is 13.1. The van der Waals surface area contributed by atoms with Crippen LogP contribution in [-0.4, -0.2) is 45.5 Å². The molecule has 1 aromatic heterocycles. The van der Waals surface area contributed by atoms with E-state index >= 15 is 0 Å². The normalized spacial score (nSPS) is 19.5. The predicted octanol–water partition coefficient (Wildman–Crippen LogP) is 3.41. The van der Waals surface area contributed by atoms with E-state index in [1.54, 1.807) is 12.1 Å². The smallest absolute Gasteiger partial charge is 0.247 e. The van der Waals surface area contributed by atoms with Crippen molar-refractivity contribution in [2.45, 2.75) is 44.4 Å². The Morgan fingerprint density at radius 3 is 2.73 bits per heavy atom. The molecule has 138 valence electrons. The van der Waals surface area contributed by atoms with Crippen molar-refractivity contribution in [1.82, 2.24) is 20.4 Å². The van der Waals surface area contributed by atoms with Gasteiger partial charge in [-0.05, 0) is 62.2 Å². The summed E-state index contributed by atoms with van der Waals surface area (Å²) in [6.45, 7) is 2.12. The van der Waals surface area contributed by atoms with E-state index in [1.807, 2.05) is 12.1 Å². The molecule has 6 nitrogen and oxygen atoms in total. The van der Waals surface area contributed by atoms with Crippen molar-refractivity contribution in [3.8, 4) is 11.5 Å². The number of nitrogens with zero attached hydrogens (tertiary/aromatic N) is 3. The lowest BCUT2D eigenvalue weighted by Crippen LogP contribution is -2.43. The highest BCUT2D eigenvalue weighted by Crippen LogP contribution is 2.29. The van der Waals surface area contributed by atoms with Gasteiger partial charge >= 0.3 is 0 Å². The van der Waals surface area contributed by atoms with Crippen LogP contribution < -0.4 is 5.32 Å². The second-order valence-electron chi connectivity index (χ2n) is 6.69. The third kappa shape index (κ3) is 4.34. The molecule has 0 spiro atoms. The minimum Gasteiger partial charge on any atom is -0.419 e. The molecule has 4 rings (SSSR count). The van der Waals surface area contributed by atoms with Gasteiger partial charge in [-0.25, -0.2) is 0 Å². The van der Waals surface area contributed by atoms with Gasteiger partial charge in [0.2, 0.25) is 11.8 Å². The van der Waals surface area contributed by atoms with Crippen molar-refractivity contribution < 1.29 is 9.15 Å². The Hall–Kier alpha value is -1.70. The molecule has 8 heteroatoms. The van der Waals surface area contributed by atoms with Gasteiger partial charge in [-0.15, -0.1) is 10.2 Å². The van der Waals surface area contributed by atoms with E-state index in [-0.39, 0.29) is 6.10 Å². The highest BCUT2D eigenvalue weighted by atomic mass is 35.5. The zero-order chi connectivity index (χ0) is 17.9. The first-order valence-corrected chi connectivity index (χ1v) is 9.72. The van der Waals surface area contributed by atoms with E-state index in [2.05, 4.69) is 20.4 Å². The van der Waals surface area contributed by atoms with E-state index in [9.17, 15) is 0 Å². The summed E-state index contributed by atoms with van der Waals surface area (Å²) in [4.78, 5) is 2.14. The molecular weight excluding hydrogens is 372 g/mol. The quantitative estimate of drug-likeness (QED) is 0.755. The van der Waals surface area contributed by atoms with Crippen molar-refractivity contribution in [3.05, 3.63) is 35.2 Å². The Labute approximate surface area is 162 Å². The molecule has 1 aliphatic heterocycles. The average Bonchev–Trinajstić information content (AvgIpc) is 3.16. The van der Waals surface area contributed by atoms with Crippen LogP contribution in [0.15, 0.2) is 28.7 Å². The Morgan fingerprint density at radius 1 is 1.23 bits per heavy atom. The van der Waals surface area contributed by atoms with Crippen LogP contribution in [0.1, 0.15) is 31.6 Å². The standard InChI is InChI=1S/C18H21ClN4O2S/c19-13-5-3-12(4-6-13)17-22-21-16(25-17)11-23(14-7-8-14)18(26)20-10-15-2-1-9-24-15/h3-6,14-15H,1-2,7-11H2,(H,20,26)/t15-/m1/s1. The van der Waals surface area contributed by atoms with Gasteiger partial charge in [-0.3, -0.25) is 0 Å². The molecule has 1 N–H and O–H groups in total. The minimum absolute atomic E-state index is 0.258. The molecule has 2 heterocycles. The molecule has 1 aromatic carbocycles. The number of hydrogen-bond acceptors (Lipinski definition) is 5. The number of nitrogens with one attached hydrogen (secondary N) is 1. The fraction of sp³-hybridized carbons (Fsp3) is 0.500. The number of thiocarbonyl (C=S) groups is 1. The Kier molecular flexibility index (Phi) is 5.38. The minimum atomic E-state index is 0.258. The van der Waals surface area contributed by atoms with Gasteiger partial charge in [0.05, 0.1) is 12.6 Å². The molecule has 2 aliphatic rings. The summed E-state index contributed by atoms with van der Waals surface area (Å²) in [6, 6.07) is 7.80. The number of halogens is 1. The molecule has 0 amide bonds. The fourth-order valence-electron chi connectivity index (χ4n) is 3.03. The number of benzene rings is 1. The third-order valence-corrected chi connectivity index (χ3v) is 5.25. The van der Waals surface area contributed by atoms with Crippen LogP contribution in [-0.2, 0) is 11.3 Å². The predicted molar refractivity (Wildman–Crippen MR) is 103 cm³/mol. The van der Waals surface area contributed by atoms with Crippen molar-refractivity contribution in [3.63, 3.8) is 0 Å². The average molecular weight is 393 g/mol. The van der Waals surface area contributed by atoms with Crippen LogP contribution in [0.25, 0.3) is 11.5 Å². The van der Waals surface area contributed by atoms with Gasteiger partial charge in [0.1, 0.15) is 0 Å². The van der Waals surface area contributed by atoms with Gasteiger partial charge in [0, 0.05) is 29.8 Å². The largest absolute Gasteiger partial charge is 0.419 e. The summed E-state index contributed by atoms with van der Waals surface area (Å²) in [7, 11) is 0. The summed E-state index contributed by atoms with van der Waals surface area (Å²) in [5.41, 5.74) is 0.852. The van der Waals surface area contributed by atoms with Crippen LogP contribution in [0.4, 0.5) is 0 Å². The maximum Gasteiger partial charge on any atom is 0.247 e. The molecule has 1 saturated carbocycles. The van der Waals surface area contributed by atoms with Gasteiger partial charge < -0.3 is 19.4 Å². The summed E-state index contributed by atoms with van der Waals surface area (Å²) < 4.78 is 11.5. The first kappa shape index (κ1) is 17.7. The Morgan fingerprint density at radius 2 is 2.04 bits per heavy atom. The first-order chi connectivity index (χ1) is 12.7. The number of ether oxygens (including phenoxy) is 1. The molecule has 26 heavy (non-hydrogen) atoms. The van der Waals surface area contributed by atoms with Crippen LogP contribution in [0.3, 0.4) is 0 Å². The molecule has 0 unspecified atom stereocenters. The summed E-state index contributed by atoms with van der Waals surface area (Å²) in [6.07, 6.45) is 4.75. The third-order valence-electron chi connectivity index (χ3n) is 4.62. The van der Waals surface area contributed by atoms with E-state index in [4.69, 9.17) is 33.0 Å². The topological polar surface area (TPSA) is 63.4 Å². The molecule has 0 bridgehead atoms. The van der Waals surface area contributed by atoms with E-state index in [0.29, 0.717) is 29.4 Å². The lowest BCUT2D eigenvalue weighted by molar-refractivity contribution is 0.113. The van der Waals surface area contributed by atoms with Crippen LogP contribution in [0.2, 0.25) is 5.02 Å². The van der Waals surface area contributed by atoms with Gasteiger partial charge in [-0.2, -0.15) is 0 Å². The second kappa shape index (κ2) is 7.90. The molecule has 1 atom stereocenters. The zero-order valence-corrected chi connectivity index (χ0v) is 15.9. The van der Waals surface area contributed by atoms with Crippen LogP contribution in [0.5, 0.6) is 0 Å². The molecule has 2 fully saturated rings. The van der Waals surface area contributed by atoms with Gasteiger partial charge in [-0.1, -0.05) is 11.6 Å². The highest BCUT2D eigenvalue weighted by molar-refractivity contribution is 7.80. The zero-order valence-electron chi connectivity index (χ0n) is 14.4. The number of rotatable bonds is 6. The van der Waals surface area contributed by atoms with E-state index in [0.717, 1.165) is 49.5 Å². The van der Waals surface area contributed by atoms with Crippen molar-refractivity contribution in [2.75, 3.05) is 13.2 Å². The van der Waals surface area contributed by atoms with E-state index in [1.165, 1.54) is 0 Å². The first-order valence-electron chi connectivity index (χ1n) is 8.93. The van der Waals surface area contributed by atoms with Crippen LogP contribution >= 0.6 is 23.8 Å². The maximum atomic E-state index is 5.92. The molecule has 0 radical (unpaired) electrons. The summed E-state index contributed by atoms with van der Waals surface area (Å²) in [5.74, 6) is 1.05. The SMILES string of the molecule is S=C(NC[C@H]1CCCO1)N(Cc1nnc(-c2ccc(Cl)cc2)o1)C1CC1. The molecular formula is C18H21ClN4O2S. The van der Waals surface area contributed by atoms with Crippen molar-refractivity contribution >= 4 is 28.9 Å². The lowest BCUT2D eigenvalue weighted by Gasteiger charge is -2.25. The monoisotopic (exact) mass is 392 g/mol. The molecule has 2 aromatic rings. The van der Waals surface area contributed by atoms with Crippen molar-refractivity contribution in [1.29, 1.82) is 0 Å². The van der Waals surface area contributed by atoms with Gasteiger partial charge in [0.25, 0.3) is 0 Å².